The van der Waals surface area contributed by atoms with Gasteiger partial charge in [0.15, 0.2) is 0 Å². The molecule has 0 spiro atoms. The van der Waals surface area contributed by atoms with Gasteiger partial charge in [-0.15, -0.1) is 0 Å². The summed E-state index contributed by atoms with van der Waals surface area (Å²) in [7, 11) is 1.86. The van der Waals surface area contributed by atoms with Crippen molar-refractivity contribution < 1.29 is 52.6 Å². The molecule has 3 aromatic rings. The number of carbonyl (C=O) groups excluding carboxylic acids is 5. The Morgan fingerprint density at radius 3 is 1.99 bits per heavy atom. The minimum absolute atomic E-state index is 0.0400. The Hall–Kier alpha value is -5.82. The van der Waals surface area contributed by atoms with Gasteiger partial charge >= 0.3 is 11.9 Å². The summed E-state index contributed by atoms with van der Waals surface area (Å²) in [5.41, 5.74) is 1.31. The topological polar surface area (TPSA) is 228 Å². The van der Waals surface area contributed by atoms with Crippen LogP contribution in [0.25, 0.3) is 11.1 Å². The van der Waals surface area contributed by atoms with Crippen LogP contribution in [0.2, 0.25) is 0 Å². The lowest BCUT2D eigenvalue weighted by atomic mass is 9.83. The van der Waals surface area contributed by atoms with Crippen molar-refractivity contribution in [2.45, 2.75) is 165 Å². The van der Waals surface area contributed by atoms with Gasteiger partial charge in [0.2, 0.25) is 29.5 Å². The molecule has 7 N–H and O–H groups in total. The van der Waals surface area contributed by atoms with Crippen molar-refractivity contribution in [2.75, 3.05) is 44.7 Å². The van der Waals surface area contributed by atoms with Crippen LogP contribution in [0, 0.1) is 23.0 Å². The second kappa shape index (κ2) is 39.5. The molecule has 0 bridgehead atoms. The quantitative estimate of drug-likeness (QED) is 0.0300. The number of hydrogen-bond donors (Lipinski definition) is 7. The molecule has 3 atom stereocenters. The number of carboxylic acids is 2. The number of amides is 5. The first-order chi connectivity index (χ1) is 36.1. The molecule has 16 nitrogen and oxygen atoms in total. The smallest absolute Gasteiger partial charge is 0.326 e. The van der Waals surface area contributed by atoms with E-state index in [0.717, 1.165) is 54.9 Å². The minimum Gasteiger partial charge on any atom is -0.481 e. The molecular formula is C57H91F2N7O9S. The lowest BCUT2D eigenvalue weighted by molar-refractivity contribution is -0.143. The molecule has 428 valence electrons. The highest BCUT2D eigenvalue weighted by Crippen LogP contribution is 2.41. The van der Waals surface area contributed by atoms with Crippen LogP contribution in [-0.2, 0) is 40.1 Å². The molecule has 0 aliphatic heterocycles. The van der Waals surface area contributed by atoms with Gasteiger partial charge in [0.05, 0.1) is 18.3 Å². The van der Waals surface area contributed by atoms with Gasteiger partial charge in [-0.3, -0.25) is 28.8 Å². The van der Waals surface area contributed by atoms with Crippen LogP contribution in [-0.4, -0.2) is 118 Å². The van der Waals surface area contributed by atoms with Crippen LogP contribution in [0.4, 0.5) is 8.78 Å². The number of benzene rings is 2. The molecule has 1 aromatic heterocycles. The summed E-state index contributed by atoms with van der Waals surface area (Å²) in [6, 6.07) is 11.6. The molecule has 5 amide bonds. The highest BCUT2D eigenvalue weighted by Gasteiger charge is 2.37. The van der Waals surface area contributed by atoms with Gasteiger partial charge in [-0.05, 0) is 80.4 Å². The Kier molecular flexibility index (Phi) is 36.5. The average molecular weight is 1090 g/mol. The van der Waals surface area contributed by atoms with Crippen molar-refractivity contribution in [1.82, 2.24) is 36.1 Å². The Labute approximate surface area is 456 Å². The maximum Gasteiger partial charge on any atom is 0.326 e. The highest BCUT2D eigenvalue weighted by atomic mass is 32.2. The zero-order valence-electron chi connectivity index (χ0n) is 47.4. The largest absolute Gasteiger partial charge is 0.481 e. The zero-order chi connectivity index (χ0) is 57.8. The van der Waals surface area contributed by atoms with Crippen molar-refractivity contribution in [3.63, 3.8) is 0 Å². The SMILES string of the molecule is CC.CC.CCCC.CNCCCCCC(=O)NC(C(=O)NCC(=O)NCCCN(C(=O)CSCCC(=O)NC(CCC(=O)O)C(=O)O)C(c1cc(-c2cc(F)ccc2F)cn1Cc1ccccc1)C(C)(C)C)C(C)C. The normalized spacial score (nSPS) is 11.9. The summed E-state index contributed by atoms with van der Waals surface area (Å²) >= 11 is 1.14. The van der Waals surface area contributed by atoms with Crippen molar-refractivity contribution in [3.8, 4) is 11.1 Å². The molecule has 0 aliphatic carbocycles. The number of unbranched alkanes of at least 4 members (excludes halogenated alkanes) is 3. The van der Waals surface area contributed by atoms with Gasteiger partial charge in [0.1, 0.15) is 23.7 Å². The lowest BCUT2D eigenvalue weighted by Gasteiger charge is -2.41. The van der Waals surface area contributed by atoms with Gasteiger partial charge in [0, 0.05) is 67.7 Å². The maximum absolute atomic E-state index is 15.3. The first-order valence-electron chi connectivity index (χ1n) is 26.9. The van der Waals surface area contributed by atoms with Crippen LogP contribution < -0.4 is 26.6 Å². The molecule has 0 saturated heterocycles. The number of carbonyl (C=O) groups is 7. The number of carboxylic acid groups (broad SMARTS) is 2. The number of thioether (sulfide) groups is 1. The fraction of sp³-hybridized carbons (Fsp3) is 0.596. The van der Waals surface area contributed by atoms with E-state index in [1.165, 1.54) is 12.8 Å². The van der Waals surface area contributed by atoms with Crippen LogP contribution in [0.1, 0.15) is 158 Å². The maximum atomic E-state index is 15.3. The number of hydrogen-bond acceptors (Lipinski definition) is 9. The minimum atomic E-state index is -1.39. The van der Waals surface area contributed by atoms with Crippen molar-refractivity contribution >= 4 is 53.2 Å². The van der Waals surface area contributed by atoms with E-state index in [2.05, 4.69) is 40.4 Å². The summed E-state index contributed by atoms with van der Waals surface area (Å²) in [6.07, 6.45) is 6.51. The Morgan fingerprint density at radius 1 is 0.763 bits per heavy atom. The molecular weight excluding hydrogens is 997 g/mol. The number of nitrogens with one attached hydrogen (secondary N) is 5. The molecule has 1 heterocycles. The summed E-state index contributed by atoms with van der Waals surface area (Å²) in [4.78, 5) is 90.2. The first kappa shape index (κ1) is 70.2. The van der Waals surface area contributed by atoms with E-state index >= 15 is 4.39 Å². The second-order valence-corrected chi connectivity index (χ2v) is 20.2. The molecule has 0 fully saturated rings. The van der Waals surface area contributed by atoms with E-state index in [0.29, 0.717) is 24.2 Å². The number of nitrogens with zero attached hydrogens (tertiary/aromatic N) is 2. The highest BCUT2D eigenvalue weighted by molar-refractivity contribution is 7.99. The molecule has 3 rings (SSSR count). The molecule has 76 heavy (non-hydrogen) atoms. The fourth-order valence-corrected chi connectivity index (χ4v) is 8.38. The Morgan fingerprint density at radius 2 is 1.41 bits per heavy atom. The third-order valence-electron chi connectivity index (χ3n) is 11.5. The van der Waals surface area contributed by atoms with E-state index < -0.39 is 71.3 Å². The van der Waals surface area contributed by atoms with Gasteiger partial charge < -0.3 is 46.3 Å². The Balaban J connectivity index is 0.00000661. The standard InChI is InChI=1S/C49H69F2N7O9S.C4H10.2C2H6/c1-32(2)45(56-40(59)16-11-8-12-22-52-6)47(65)54-28-42(61)53-23-13-24-58(43(62)31-68-25-21-41(60)55-38(48(66)67)19-20-44(63)64)46(49(3,4)5)39-26-34(36-27-35(50)17-18-37(36)51)30-57(39)29-33-14-9-7-10-15-33;1-3-4-2;2*1-2/h7,9-10,14-15,17-18,26-27,30,32,38,45-46,52H,8,11-13,16,19-25,28-29,31H2,1-6H3,(H,53,61)(H,54,65)(H,55,60)(H,56,59)(H,63,64)(H,66,67);3-4H2,1-2H3;2*1-2H3. The monoisotopic (exact) mass is 1090 g/mol. The van der Waals surface area contributed by atoms with Crippen molar-refractivity contribution in [1.29, 1.82) is 0 Å². The van der Waals surface area contributed by atoms with Gasteiger partial charge in [-0.25, -0.2) is 13.6 Å². The van der Waals surface area contributed by atoms with Gasteiger partial charge in [-0.1, -0.05) is 126 Å². The number of aliphatic carboxylic acids is 2. The van der Waals surface area contributed by atoms with Crippen LogP contribution in [0.15, 0.2) is 60.8 Å². The van der Waals surface area contributed by atoms with Crippen molar-refractivity contribution in [3.05, 3.63) is 83.7 Å². The molecule has 19 heteroatoms. The molecule has 0 aliphatic rings. The summed E-state index contributed by atoms with van der Waals surface area (Å²) in [6.45, 7) is 22.9. The second-order valence-electron chi connectivity index (χ2n) is 19.1. The predicted octanol–water partition coefficient (Wildman–Crippen LogP) is 9.36. The van der Waals surface area contributed by atoms with E-state index in [9.17, 15) is 43.1 Å². The Bertz CT molecular complexity index is 2190. The zero-order valence-corrected chi connectivity index (χ0v) is 48.2. The van der Waals surface area contributed by atoms with Crippen LogP contribution in [0.3, 0.4) is 0 Å². The molecule has 3 unspecified atom stereocenters. The first-order valence-corrected chi connectivity index (χ1v) is 28.1. The van der Waals surface area contributed by atoms with Crippen LogP contribution >= 0.6 is 11.8 Å². The van der Waals surface area contributed by atoms with Crippen molar-refractivity contribution in [2.24, 2.45) is 11.3 Å². The third kappa shape index (κ3) is 27.8. The number of aromatic nitrogens is 1. The number of rotatable bonds is 31. The van der Waals surface area contributed by atoms with Crippen LogP contribution in [0.5, 0.6) is 0 Å². The van der Waals surface area contributed by atoms with E-state index in [-0.39, 0.29) is 80.1 Å². The third-order valence-corrected chi connectivity index (χ3v) is 12.4. The summed E-state index contributed by atoms with van der Waals surface area (Å²) in [5, 5.41) is 32.0. The summed E-state index contributed by atoms with van der Waals surface area (Å²) < 4.78 is 31.8. The van der Waals surface area contributed by atoms with Gasteiger partial charge in [-0.2, -0.15) is 11.8 Å². The summed E-state index contributed by atoms with van der Waals surface area (Å²) in [5.74, 6) is -6.20. The average Bonchev–Trinajstić information content (AvgIpc) is 3.79. The van der Waals surface area contributed by atoms with E-state index in [4.69, 9.17) is 5.11 Å². The van der Waals surface area contributed by atoms with E-state index in [1.807, 2.05) is 90.4 Å². The molecule has 2 aromatic carbocycles. The fourth-order valence-electron chi connectivity index (χ4n) is 7.57. The predicted molar refractivity (Wildman–Crippen MR) is 301 cm³/mol. The lowest BCUT2D eigenvalue weighted by Crippen LogP contribution is -2.51. The molecule has 0 saturated carbocycles. The number of halogens is 2. The van der Waals surface area contributed by atoms with E-state index in [1.54, 1.807) is 31.0 Å². The van der Waals surface area contributed by atoms with Gasteiger partial charge in [0.25, 0.3) is 0 Å². The molecule has 0 radical (unpaired) electrons.